The summed E-state index contributed by atoms with van der Waals surface area (Å²) in [5.41, 5.74) is 3.08. The van der Waals surface area contributed by atoms with E-state index in [1.807, 2.05) is 39.0 Å². The number of sulfonamides is 1. The average Bonchev–Trinajstić information content (AvgIpc) is 2.63. The maximum Gasteiger partial charge on any atom is 0.232 e. The summed E-state index contributed by atoms with van der Waals surface area (Å²) >= 11 is 0. The molecule has 1 heterocycles. The van der Waals surface area contributed by atoms with Crippen LogP contribution in [0.1, 0.15) is 25.0 Å². The van der Waals surface area contributed by atoms with Crippen LogP contribution in [0.4, 0.5) is 5.69 Å². The third-order valence-corrected chi connectivity index (χ3v) is 3.67. The Hall–Kier alpha value is -1.03. The SMILES string of the molecule is CC.Cc1ccc2c(c1)N(S(C)(=O)=O)CC2. The van der Waals surface area contributed by atoms with Gasteiger partial charge in [-0.1, -0.05) is 26.0 Å². The number of aryl methyl sites for hydroxylation is 1. The summed E-state index contributed by atoms with van der Waals surface area (Å²) < 4.78 is 24.3. The summed E-state index contributed by atoms with van der Waals surface area (Å²) in [6.07, 6.45) is 2.08. The van der Waals surface area contributed by atoms with Crippen LogP contribution in [0.3, 0.4) is 0 Å². The number of fused-ring (bicyclic) bond motifs is 1. The summed E-state index contributed by atoms with van der Waals surface area (Å²) in [7, 11) is -3.10. The molecule has 0 spiro atoms. The van der Waals surface area contributed by atoms with E-state index in [2.05, 4.69) is 0 Å². The number of hydrogen-bond donors (Lipinski definition) is 0. The monoisotopic (exact) mass is 241 g/mol. The molecule has 1 aliphatic heterocycles. The van der Waals surface area contributed by atoms with Crippen molar-refractivity contribution in [1.82, 2.24) is 0 Å². The molecular formula is C12H19NO2S. The minimum Gasteiger partial charge on any atom is -0.270 e. The van der Waals surface area contributed by atoms with Gasteiger partial charge in [-0.15, -0.1) is 0 Å². The molecule has 0 atom stereocenters. The lowest BCUT2D eigenvalue weighted by molar-refractivity contribution is 0.598. The molecule has 0 saturated carbocycles. The molecular weight excluding hydrogens is 222 g/mol. The van der Waals surface area contributed by atoms with Crippen molar-refractivity contribution in [2.45, 2.75) is 27.2 Å². The Morgan fingerprint density at radius 1 is 1.25 bits per heavy atom. The molecule has 0 radical (unpaired) electrons. The van der Waals surface area contributed by atoms with Gasteiger partial charge in [-0.2, -0.15) is 0 Å². The standard InChI is InChI=1S/C10H13NO2S.C2H6/c1-8-3-4-9-5-6-11(10(9)7-8)14(2,12)13;1-2/h3-4,7H,5-6H2,1-2H3;1-2H3. The van der Waals surface area contributed by atoms with E-state index < -0.39 is 10.0 Å². The van der Waals surface area contributed by atoms with E-state index in [0.717, 1.165) is 23.2 Å². The molecule has 1 aromatic carbocycles. The van der Waals surface area contributed by atoms with E-state index in [-0.39, 0.29) is 0 Å². The lowest BCUT2D eigenvalue weighted by Crippen LogP contribution is -2.27. The Kier molecular flexibility index (Phi) is 3.97. The van der Waals surface area contributed by atoms with E-state index in [4.69, 9.17) is 0 Å². The Morgan fingerprint density at radius 3 is 2.44 bits per heavy atom. The average molecular weight is 241 g/mol. The zero-order chi connectivity index (χ0) is 12.3. The van der Waals surface area contributed by atoms with Gasteiger partial charge in [-0.05, 0) is 30.5 Å². The molecule has 90 valence electrons. The summed E-state index contributed by atoms with van der Waals surface area (Å²) in [5.74, 6) is 0. The van der Waals surface area contributed by atoms with Gasteiger partial charge in [-0.25, -0.2) is 8.42 Å². The molecule has 0 N–H and O–H groups in total. The highest BCUT2D eigenvalue weighted by atomic mass is 32.2. The molecule has 0 aliphatic carbocycles. The van der Waals surface area contributed by atoms with Gasteiger partial charge < -0.3 is 0 Å². The van der Waals surface area contributed by atoms with E-state index in [1.54, 1.807) is 0 Å². The minimum absolute atomic E-state index is 0.581. The quantitative estimate of drug-likeness (QED) is 0.757. The van der Waals surface area contributed by atoms with Crippen LogP contribution in [0.25, 0.3) is 0 Å². The molecule has 1 aliphatic rings. The third kappa shape index (κ3) is 2.55. The predicted molar refractivity (Wildman–Crippen MR) is 68.4 cm³/mol. The third-order valence-electron chi connectivity index (χ3n) is 2.49. The van der Waals surface area contributed by atoms with Crippen molar-refractivity contribution in [2.75, 3.05) is 17.1 Å². The van der Waals surface area contributed by atoms with Crippen molar-refractivity contribution in [3.05, 3.63) is 29.3 Å². The first-order chi connectivity index (χ1) is 7.48. The van der Waals surface area contributed by atoms with Crippen LogP contribution in [0.15, 0.2) is 18.2 Å². The Labute approximate surface area is 98.1 Å². The number of rotatable bonds is 1. The molecule has 0 saturated heterocycles. The summed E-state index contributed by atoms with van der Waals surface area (Å²) in [5, 5.41) is 0. The van der Waals surface area contributed by atoms with Crippen LogP contribution in [0, 0.1) is 6.92 Å². The van der Waals surface area contributed by atoms with Gasteiger partial charge in [0.1, 0.15) is 0 Å². The minimum atomic E-state index is -3.10. The largest absolute Gasteiger partial charge is 0.270 e. The van der Waals surface area contributed by atoms with Gasteiger partial charge in [-0.3, -0.25) is 4.31 Å². The Balaban J connectivity index is 0.000000606. The number of benzene rings is 1. The van der Waals surface area contributed by atoms with Gasteiger partial charge in [0.05, 0.1) is 11.9 Å². The maximum atomic E-state index is 11.4. The maximum absolute atomic E-state index is 11.4. The van der Waals surface area contributed by atoms with Gasteiger partial charge in [0.2, 0.25) is 10.0 Å². The Morgan fingerprint density at radius 2 is 1.88 bits per heavy atom. The number of anilines is 1. The molecule has 0 fully saturated rings. The first-order valence-electron chi connectivity index (χ1n) is 5.56. The van der Waals surface area contributed by atoms with Crippen molar-refractivity contribution >= 4 is 15.7 Å². The second-order valence-corrected chi connectivity index (χ2v) is 5.62. The molecule has 0 bridgehead atoms. The first-order valence-corrected chi connectivity index (χ1v) is 7.40. The van der Waals surface area contributed by atoms with Crippen molar-refractivity contribution in [3.63, 3.8) is 0 Å². The van der Waals surface area contributed by atoms with Crippen LogP contribution >= 0.6 is 0 Å². The highest BCUT2D eigenvalue weighted by Gasteiger charge is 2.25. The highest BCUT2D eigenvalue weighted by Crippen LogP contribution is 2.30. The molecule has 0 aromatic heterocycles. The van der Waals surface area contributed by atoms with E-state index in [9.17, 15) is 8.42 Å². The van der Waals surface area contributed by atoms with E-state index in [1.165, 1.54) is 10.6 Å². The van der Waals surface area contributed by atoms with E-state index >= 15 is 0 Å². The van der Waals surface area contributed by atoms with Crippen LogP contribution in [-0.2, 0) is 16.4 Å². The van der Waals surface area contributed by atoms with Crippen molar-refractivity contribution < 1.29 is 8.42 Å². The zero-order valence-electron chi connectivity index (χ0n) is 10.3. The molecule has 16 heavy (non-hydrogen) atoms. The van der Waals surface area contributed by atoms with Gasteiger partial charge >= 0.3 is 0 Å². The van der Waals surface area contributed by atoms with Crippen molar-refractivity contribution in [1.29, 1.82) is 0 Å². The molecule has 2 rings (SSSR count). The fraction of sp³-hybridized carbons (Fsp3) is 0.500. The fourth-order valence-corrected chi connectivity index (χ4v) is 2.75. The normalized spacial score (nSPS) is 14.1. The molecule has 3 nitrogen and oxygen atoms in total. The summed E-state index contributed by atoms with van der Waals surface area (Å²) in [6, 6.07) is 5.96. The first kappa shape index (κ1) is 13.0. The van der Waals surface area contributed by atoms with Gasteiger partial charge in [0.25, 0.3) is 0 Å². The second-order valence-electron chi connectivity index (χ2n) is 3.72. The van der Waals surface area contributed by atoms with Crippen LogP contribution in [0.5, 0.6) is 0 Å². The van der Waals surface area contributed by atoms with Crippen molar-refractivity contribution in [2.24, 2.45) is 0 Å². The highest BCUT2D eigenvalue weighted by molar-refractivity contribution is 7.92. The summed E-state index contributed by atoms with van der Waals surface area (Å²) in [6.45, 7) is 6.55. The summed E-state index contributed by atoms with van der Waals surface area (Å²) in [4.78, 5) is 0. The lowest BCUT2D eigenvalue weighted by Gasteiger charge is -2.16. The second kappa shape index (κ2) is 4.87. The lowest BCUT2D eigenvalue weighted by atomic mass is 10.1. The van der Waals surface area contributed by atoms with Crippen molar-refractivity contribution in [3.8, 4) is 0 Å². The smallest absolute Gasteiger partial charge is 0.232 e. The van der Waals surface area contributed by atoms with E-state index in [0.29, 0.717) is 6.54 Å². The van der Waals surface area contributed by atoms with Crippen LogP contribution in [0.2, 0.25) is 0 Å². The molecule has 0 unspecified atom stereocenters. The molecule has 1 aromatic rings. The van der Waals surface area contributed by atoms with Crippen LogP contribution in [-0.4, -0.2) is 21.2 Å². The molecule has 0 amide bonds. The zero-order valence-corrected chi connectivity index (χ0v) is 11.1. The topological polar surface area (TPSA) is 37.4 Å². The van der Waals surface area contributed by atoms with Gasteiger partial charge in [0.15, 0.2) is 0 Å². The number of hydrogen-bond acceptors (Lipinski definition) is 2. The van der Waals surface area contributed by atoms with Crippen LogP contribution < -0.4 is 4.31 Å². The van der Waals surface area contributed by atoms with Gasteiger partial charge in [0, 0.05) is 6.54 Å². The molecule has 4 heteroatoms. The fourth-order valence-electron chi connectivity index (χ4n) is 1.80. The number of nitrogens with zero attached hydrogens (tertiary/aromatic N) is 1. The predicted octanol–water partition coefficient (Wildman–Crippen LogP) is 2.34. The Bertz CT molecular complexity index is 466.